The SMILES string of the molecule is CCC(C)NC(=O)C1CC(C)N(C(=O)Cc2ccccc2C)C2CCCCC12. The smallest absolute Gasteiger partial charge is 0.227 e. The maximum absolute atomic E-state index is 13.3. The van der Waals surface area contributed by atoms with E-state index >= 15 is 0 Å². The lowest BCUT2D eigenvalue weighted by atomic mass is 9.69. The van der Waals surface area contributed by atoms with Gasteiger partial charge in [0.05, 0.1) is 6.42 Å². The van der Waals surface area contributed by atoms with E-state index in [1.807, 2.05) is 12.1 Å². The molecule has 2 aliphatic rings. The Morgan fingerprint density at radius 1 is 1.21 bits per heavy atom. The van der Waals surface area contributed by atoms with Crippen LogP contribution in [0, 0.1) is 18.8 Å². The van der Waals surface area contributed by atoms with Gasteiger partial charge in [0.25, 0.3) is 0 Å². The Bertz CT molecular complexity index is 702. The molecule has 4 heteroatoms. The summed E-state index contributed by atoms with van der Waals surface area (Å²) in [4.78, 5) is 28.4. The van der Waals surface area contributed by atoms with Gasteiger partial charge in [0.15, 0.2) is 0 Å². The largest absolute Gasteiger partial charge is 0.353 e. The molecule has 1 saturated heterocycles. The molecule has 1 aromatic rings. The van der Waals surface area contributed by atoms with Gasteiger partial charge in [-0.05, 0) is 63.5 Å². The maximum atomic E-state index is 13.3. The first-order chi connectivity index (χ1) is 13.4. The van der Waals surface area contributed by atoms with E-state index in [4.69, 9.17) is 0 Å². The molecule has 0 radical (unpaired) electrons. The van der Waals surface area contributed by atoms with E-state index in [-0.39, 0.29) is 35.9 Å². The van der Waals surface area contributed by atoms with Crippen LogP contribution in [-0.2, 0) is 16.0 Å². The molecule has 1 aliphatic heterocycles. The number of benzene rings is 1. The predicted octanol–water partition coefficient (Wildman–Crippen LogP) is 4.25. The minimum absolute atomic E-state index is 0.0387. The van der Waals surface area contributed by atoms with Crippen molar-refractivity contribution in [3.8, 4) is 0 Å². The van der Waals surface area contributed by atoms with E-state index in [1.54, 1.807) is 0 Å². The zero-order valence-electron chi connectivity index (χ0n) is 17.9. The molecule has 2 amide bonds. The first kappa shape index (κ1) is 20.9. The van der Waals surface area contributed by atoms with Gasteiger partial charge in [-0.15, -0.1) is 0 Å². The van der Waals surface area contributed by atoms with Crippen molar-refractivity contribution < 1.29 is 9.59 Å². The number of fused-ring (bicyclic) bond motifs is 1. The van der Waals surface area contributed by atoms with Gasteiger partial charge < -0.3 is 10.2 Å². The monoisotopic (exact) mass is 384 g/mol. The van der Waals surface area contributed by atoms with Gasteiger partial charge in [0.2, 0.25) is 11.8 Å². The van der Waals surface area contributed by atoms with E-state index in [2.05, 4.69) is 50.0 Å². The fourth-order valence-corrected chi connectivity index (χ4v) is 5.18. The van der Waals surface area contributed by atoms with E-state index in [9.17, 15) is 9.59 Å². The Labute approximate surface area is 170 Å². The molecule has 5 atom stereocenters. The second-order valence-corrected chi connectivity index (χ2v) is 8.93. The van der Waals surface area contributed by atoms with Gasteiger partial charge in [-0.1, -0.05) is 44.0 Å². The summed E-state index contributed by atoms with van der Waals surface area (Å²) in [5, 5.41) is 3.20. The number of aryl methyl sites for hydroxylation is 1. The molecule has 1 saturated carbocycles. The summed E-state index contributed by atoms with van der Waals surface area (Å²) in [6, 6.07) is 8.69. The van der Waals surface area contributed by atoms with Crippen molar-refractivity contribution in [3.05, 3.63) is 35.4 Å². The fourth-order valence-electron chi connectivity index (χ4n) is 5.18. The molecular weight excluding hydrogens is 348 g/mol. The van der Waals surface area contributed by atoms with E-state index in [0.29, 0.717) is 12.3 Å². The van der Waals surface area contributed by atoms with Crippen LogP contribution in [0.5, 0.6) is 0 Å². The molecule has 28 heavy (non-hydrogen) atoms. The lowest BCUT2D eigenvalue weighted by molar-refractivity contribution is -0.148. The van der Waals surface area contributed by atoms with Gasteiger partial charge in [0, 0.05) is 24.0 Å². The molecule has 1 heterocycles. The molecule has 1 N–H and O–H groups in total. The Hall–Kier alpha value is -1.84. The van der Waals surface area contributed by atoms with Crippen molar-refractivity contribution >= 4 is 11.8 Å². The number of amides is 2. The average molecular weight is 385 g/mol. The number of hydrogen-bond donors (Lipinski definition) is 1. The van der Waals surface area contributed by atoms with Gasteiger partial charge in [-0.25, -0.2) is 0 Å². The summed E-state index contributed by atoms with van der Waals surface area (Å²) < 4.78 is 0. The second kappa shape index (κ2) is 9.11. The topological polar surface area (TPSA) is 49.4 Å². The first-order valence-corrected chi connectivity index (χ1v) is 11.1. The zero-order valence-corrected chi connectivity index (χ0v) is 17.9. The molecule has 0 bridgehead atoms. The molecule has 5 unspecified atom stereocenters. The first-order valence-electron chi connectivity index (χ1n) is 11.1. The van der Waals surface area contributed by atoms with Crippen molar-refractivity contribution in [2.75, 3.05) is 0 Å². The third-order valence-corrected chi connectivity index (χ3v) is 6.95. The van der Waals surface area contributed by atoms with Crippen molar-refractivity contribution in [2.45, 2.75) is 90.8 Å². The fraction of sp³-hybridized carbons (Fsp3) is 0.667. The van der Waals surface area contributed by atoms with Crippen LogP contribution in [0.3, 0.4) is 0 Å². The van der Waals surface area contributed by atoms with Crippen molar-refractivity contribution in [3.63, 3.8) is 0 Å². The molecule has 3 rings (SSSR count). The molecule has 2 fully saturated rings. The highest BCUT2D eigenvalue weighted by atomic mass is 16.2. The minimum atomic E-state index is 0.0387. The van der Waals surface area contributed by atoms with E-state index in [0.717, 1.165) is 37.7 Å². The highest BCUT2D eigenvalue weighted by molar-refractivity contribution is 5.82. The Balaban J connectivity index is 1.78. The zero-order chi connectivity index (χ0) is 20.3. The number of hydrogen-bond acceptors (Lipinski definition) is 2. The standard InChI is InChI=1S/C24H36N2O2/c1-5-17(3)25-24(28)21-14-18(4)26(22-13-9-8-12-20(21)22)23(27)15-19-11-7-6-10-16(19)2/h6-7,10-11,17-18,20-22H,5,8-9,12-15H2,1-4H3,(H,25,28). The van der Waals surface area contributed by atoms with Crippen LogP contribution in [-0.4, -0.2) is 34.8 Å². The van der Waals surface area contributed by atoms with Crippen molar-refractivity contribution in [1.82, 2.24) is 10.2 Å². The maximum Gasteiger partial charge on any atom is 0.227 e. The van der Waals surface area contributed by atoms with Gasteiger partial charge in [0.1, 0.15) is 0 Å². The number of carbonyl (C=O) groups excluding carboxylic acids is 2. The van der Waals surface area contributed by atoms with Crippen LogP contribution >= 0.6 is 0 Å². The van der Waals surface area contributed by atoms with E-state index in [1.165, 1.54) is 12.0 Å². The second-order valence-electron chi connectivity index (χ2n) is 8.93. The van der Waals surface area contributed by atoms with Crippen LogP contribution in [0.25, 0.3) is 0 Å². The van der Waals surface area contributed by atoms with Gasteiger partial charge in [-0.2, -0.15) is 0 Å². The highest BCUT2D eigenvalue weighted by Crippen LogP contribution is 2.42. The predicted molar refractivity (Wildman–Crippen MR) is 113 cm³/mol. The Morgan fingerprint density at radius 2 is 1.93 bits per heavy atom. The summed E-state index contributed by atoms with van der Waals surface area (Å²) in [5.41, 5.74) is 2.29. The quantitative estimate of drug-likeness (QED) is 0.825. The number of carbonyl (C=O) groups is 2. The summed E-state index contributed by atoms with van der Waals surface area (Å²) in [7, 11) is 0. The van der Waals surface area contributed by atoms with Crippen LogP contribution < -0.4 is 5.32 Å². The molecule has 1 aromatic carbocycles. The summed E-state index contributed by atoms with van der Waals surface area (Å²) in [5.74, 6) is 0.759. The number of nitrogens with zero attached hydrogens (tertiary/aromatic N) is 1. The third kappa shape index (κ3) is 4.42. The number of nitrogens with one attached hydrogen (secondary N) is 1. The Morgan fingerprint density at radius 3 is 2.64 bits per heavy atom. The highest BCUT2D eigenvalue weighted by Gasteiger charge is 2.46. The van der Waals surface area contributed by atoms with Crippen LogP contribution in [0.4, 0.5) is 0 Å². The number of rotatable bonds is 5. The van der Waals surface area contributed by atoms with Crippen LogP contribution in [0.2, 0.25) is 0 Å². The molecule has 1 aliphatic carbocycles. The summed E-state index contributed by atoms with van der Waals surface area (Å²) >= 11 is 0. The molecule has 154 valence electrons. The average Bonchev–Trinajstić information content (AvgIpc) is 2.68. The van der Waals surface area contributed by atoms with Crippen LogP contribution in [0.15, 0.2) is 24.3 Å². The minimum Gasteiger partial charge on any atom is -0.353 e. The number of piperidine rings is 1. The lowest BCUT2D eigenvalue weighted by Crippen LogP contribution is -2.59. The summed E-state index contributed by atoms with van der Waals surface area (Å²) in [6.45, 7) is 8.37. The Kier molecular flexibility index (Phi) is 6.79. The van der Waals surface area contributed by atoms with Gasteiger partial charge >= 0.3 is 0 Å². The third-order valence-electron chi connectivity index (χ3n) is 6.95. The van der Waals surface area contributed by atoms with Crippen molar-refractivity contribution in [1.29, 1.82) is 0 Å². The lowest BCUT2D eigenvalue weighted by Gasteiger charge is -2.51. The molecular formula is C24H36N2O2. The summed E-state index contributed by atoms with van der Waals surface area (Å²) in [6.07, 6.45) is 6.60. The molecule has 4 nitrogen and oxygen atoms in total. The normalized spacial score (nSPS) is 28.4. The number of likely N-dealkylation sites (tertiary alicyclic amines) is 1. The van der Waals surface area contributed by atoms with Gasteiger partial charge in [-0.3, -0.25) is 9.59 Å². The van der Waals surface area contributed by atoms with E-state index < -0.39 is 0 Å². The molecule has 0 spiro atoms. The van der Waals surface area contributed by atoms with Crippen LogP contribution in [0.1, 0.15) is 70.4 Å². The van der Waals surface area contributed by atoms with Crippen molar-refractivity contribution in [2.24, 2.45) is 11.8 Å². The molecule has 0 aromatic heterocycles.